The summed E-state index contributed by atoms with van der Waals surface area (Å²) in [6.45, 7) is 7.14. The molecule has 0 atom stereocenters. The normalized spacial score (nSPS) is 14.8. The number of unbranched alkanes of at least 4 members (excludes halogenated alkanes) is 5. The van der Waals surface area contributed by atoms with Gasteiger partial charge in [0.15, 0.2) is 0 Å². The van der Waals surface area contributed by atoms with Crippen LogP contribution in [-0.4, -0.2) is 64.9 Å². The zero-order chi connectivity index (χ0) is 21.5. The number of carbonyl (C=O) groups excluding carboxylic acids is 1. The van der Waals surface area contributed by atoms with E-state index in [2.05, 4.69) is 6.92 Å². The summed E-state index contributed by atoms with van der Waals surface area (Å²) in [5.41, 5.74) is 0. The monoisotopic (exact) mass is 430 g/mol. The van der Waals surface area contributed by atoms with Crippen LogP contribution in [0.25, 0.3) is 0 Å². The third-order valence-electron chi connectivity index (χ3n) is 5.28. The van der Waals surface area contributed by atoms with Crippen LogP contribution in [0, 0.1) is 0 Å². The first-order chi connectivity index (χ1) is 14.8. The molecule has 30 heavy (non-hydrogen) atoms. The van der Waals surface area contributed by atoms with Crippen molar-refractivity contribution in [3.05, 3.63) is 0 Å². The number of rotatable bonds is 21. The number of esters is 1. The van der Waals surface area contributed by atoms with Gasteiger partial charge in [0.05, 0.1) is 39.6 Å². The molecule has 0 heterocycles. The molecule has 6 heteroatoms. The summed E-state index contributed by atoms with van der Waals surface area (Å²) >= 11 is 0. The molecule has 0 N–H and O–H groups in total. The molecule has 1 saturated carbocycles. The molecule has 178 valence electrons. The van der Waals surface area contributed by atoms with Crippen molar-refractivity contribution in [3.63, 3.8) is 0 Å². The zero-order valence-corrected chi connectivity index (χ0v) is 19.4. The number of carbonyl (C=O) groups is 1. The molecule has 0 bridgehead atoms. The van der Waals surface area contributed by atoms with Crippen LogP contribution in [0.1, 0.15) is 90.4 Å². The van der Waals surface area contributed by atoms with Crippen LogP contribution in [0.15, 0.2) is 0 Å². The van der Waals surface area contributed by atoms with E-state index >= 15 is 0 Å². The molecule has 0 aromatic rings. The molecule has 0 unspecified atom stereocenters. The molecular formula is C24H46O6. The number of hydrogen-bond acceptors (Lipinski definition) is 6. The fourth-order valence-electron chi connectivity index (χ4n) is 3.49. The van der Waals surface area contributed by atoms with Crippen LogP contribution in [0.4, 0.5) is 0 Å². The van der Waals surface area contributed by atoms with Crippen molar-refractivity contribution in [3.8, 4) is 0 Å². The maximum absolute atomic E-state index is 11.8. The van der Waals surface area contributed by atoms with Crippen LogP contribution in [0.2, 0.25) is 0 Å². The highest BCUT2D eigenvalue weighted by molar-refractivity contribution is 5.69. The van der Waals surface area contributed by atoms with Crippen molar-refractivity contribution in [1.29, 1.82) is 0 Å². The Morgan fingerprint density at radius 2 is 1.13 bits per heavy atom. The minimum absolute atomic E-state index is 0.0881. The zero-order valence-electron chi connectivity index (χ0n) is 19.4. The number of hydrogen-bond donors (Lipinski definition) is 0. The predicted molar refractivity (Wildman–Crippen MR) is 119 cm³/mol. The van der Waals surface area contributed by atoms with E-state index in [1.807, 2.05) is 0 Å². The van der Waals surface area contributed by atoms with Crippen LogP contribution >= 0.6 is 0 Å². The van der Waals surface area contributed by atoms with Crippen LogP contribution < -0.4 is 0 Å². The van der Waals surface area contributed by atoms with Gasteiger partial charge in [-0.2, -0.15) is 0 Å². The van der Waals surface area contributed by atoms with Gasteiger partial charge >= 0.3 is 5.97 Å². The molecular weight excluding hydrogens is 384 g/mol. The first kappa shape index (κ1) is 27.3. The maximum atomic E-state index is 11.8. The molecule has 0 aromatic heterocycles. The van der Waals surface area contributed by atoms with Crippen molar-refractivity contribution in [2.24, 2.45) is 0 Å². The van der Waals surface area contributed by atoms with Crippen molar-refractivity contribution < 1.29 is 28.5 Å². The van der Waals surface area contributed by atoms with Crippen LogP contribution in [0.3, 0.4) is 0 Å². The van der Waals surface area contributed by atoms with Gasteiger partial charge in [-0.15, -0.1) is 0 Å². The van der Waals surface area contributed by atoms with Gasteiger partial charge in [-0.1, -0.05) is 45.4 Å². The first-order valence-corrected chi connectivity index (χ1v) is 12.3. The fourth-order valence-corrected chi connectivity index (χ4v) is 3.49. The highest BCUT2D eigenvalue weighted by atomic mass is 16.6. The number of ether oxygens (including phenoxy) is 5. The molecule has 1 fully saturated rings. The summed E-state index contributed by atoms with van der Waals surface area (Å²) in [5, 5.41) is 0. The Labute approximate surface area is 184 Å². The maximum Gasteiger partial charge on any atom is 0.306 e. The lowest BCUT2D eigenvalue weighted by atomic mass is 9.98. The van der Waals surface area contributed by atoms with E-state index in [-0.39, 0.29) is 12.1 Å². The quantitative estimate of drug-likeness (QED) is 0.187. The Kier molecular flexibility index (Phi) is 19.6. The second-order valence-electron chi connectivity index (χ2n) is 8.07. The van der Waals surface area contributed by atoms with Gasteiger partial charge in [-0.3, -0.25) is 4.79 Å². The first-order valence-electron chi connectivity index (χ1n) is 12.3. The van der Waals surface area contributed by atoms with Gasteiger partial charge in [0.25, 0.3) is 0 Å². The minimum atomic E-state index is -0.0881. The molecule has 0 spiro atoms. The van der Waals surface area contributed by atoms with Crippen molar-refractivity contribution in [2.75, 3.05) is 52.9 Å². The molecule has 0 aliphatic heterocycles. The van der Waals surface area contributed by atoms with E-state index in [4.69, 9.17) is 23.7 Å². The third kappa shape index (κ3) is 18.1. The summed E-state index contributed by atoms with van der Waals surface area (Å²) in [5.74, 6) is -0.0881. The lowest BCUT2D eigenvalue weighted by Gasteiger charge is -2.21. The Hall–Kier alpha value is -0.690. The SMILES string of the molecule is CCCCCCCCOCCOCCOCCOCCCC(=O)OC1CCCCC1. The average molecular weight is 431 g/mol. The van der Waals surface area contributed by atoms with Crippen molar-refractivity contribution in [2.45, 2.75) is 96.5 Å². The fraction of sp³-hybridized carbons (Fsp3) is 0.958. The van der Waals surface area contributed by atoms with Crippen molar-refractivity contribution >= 4 is 5.97 Å². The Balaban J connectivity index is 1.69. The second-order valence-corrected chi connectivity index (χ2v) is 8.07. The molecule has 1 rings (SSSR count). The molecule has 0 aromatic carbocycles. The lowest BCUT2D eigenvalue weighted by molar-refractivity contribution is -0.150. The molecule has 0 saturated heterocycles. The highest BCUT2D eigenvalue weighted by Crippen LogP contribution is 2.20. The Bertz CT molecular complexity index is 371. The largest absolute Gasteiger partial charge is 0.462 e. The summed E-state index contributed by atoms with van der Waals surface area (Å²) in [6.07, 6.45) is 14.7. The van der Waals surface area contributed by atoms with Gasteiger partial charge in [-0.05, 0) is 38.5 Å². The molecule has 6 nitrogen and oxygen atoms in total. The van der Waals surface area contributed by atoms with Gasteiger partial charge in [-0.25, -0.2) is 0 Å². The average Bonchev–Trinajstić information content (AvgIpc) is 2.76. The summed E-state index contributed by atoms with van der Waals surface area (Å²) < 4.78 is 27.5. The van der Waals surface area contributed by atoms with E-state index in [1.165, 1.54) is 51.4 Å². The topological polar surface area (TPSA) is 63.2 Å². The standard InChI is InChI=1S/C24H46O6/c1-2-3-4-5-6-10-15-26-17-19-28-21-22-29-20-18-27-16-11-14-24(25)30-23-12-8-7-9-13-23/h23H,2-22H2,1H3. The summed E-state index contributed by atoms with van der Waals surface area (Å²) in [7, 11) is 0. The smallest absolute Gasteiger partial charge is 0.306 e. The molecule has 0 radical (unpaired) electrons. The van der Waals surface area contributed by atoms with Crippen LogP contribution in [-0.2, 0) is 28.5 Å². The minimum Gasteiger partial charge on any atom is -0.462 e. The molecule has 0 amide bonds. The lowest BCUT2D eigenvalue weighted by Crippen LogP contribution is -2.21. The third-order valence-corrected chi connectivity index (χ3v) is 5.28. The Morgan fingerprint density at radius 1 is 0.633 bits per heavy atom. The molecule has 1 aliphatic rings. The van der Waals surface area contributed by atoms with E-state index < -0.39 is 0 Å². The predicted octanol–water partition coefficient (Wildman–Crippen LogP) is 5.07. The van der Waals surface area contributed by atoms with E-state index in [0.717, 1.165) is 25.9 Å². The van der Waals surface area contributed by atoms with Crippen LogP contribution in [0.5, 0.6) is 0 Å². The van der Waals surface area contributed by atoms with Gasteiger partial charge in [0, 0.05) is 19.6 Å². The summed E-state index contributed by atoms with van der Waals surface area (Å²) in [6, 6.07) is 0. The van der Waals surface area contributed by atoms with Gasteiger partial charge in [0.1, 0.15) is 6.10 Å². The molecule has 1 aliphatic carbocycles. The second kappa shape index (κ2) is 21.5. The van der Waals surface area contributed by atoms with E-state index in [9.17, 15) is 4.79 Å². The Morgan fingerprint density at radius 3 is 1.73 bits per heavy atom. The highest BCUT2D eigenvalue weighted by Gasteiger charge is 2.17. The van der Waals surface area contributed by atoms with Crippen molar-refractivity contribution in [1.82, 2.24) is 0 Å². The van der Waals surface area contributed by atoms with Gasteiger partial charge in [0.2, 0.25) is 0 Å². The van der Waals surface area contributed by atoms with E-state index in [1.54, 1.807) is 0 Å². The van der Waals surface area contributed by atoms with Gasteiger partial charge < -0.3 is 23.7 Å². The summed E-state index contributed by atoms with van der Waals surface area (Å²) in [4.78, 5) is 11.8. The van der Waals surface area contributed by atoms with E-state index in [0.29, 0.717) is 59.1 Å².